The lowest BCUT2D eigenvalue weighted by Gasteiger charge is -2.38. The van der Waals surface area contributed by atoms with Crippen molar-refractivity contribution < 1.29 is 4.74 Å². The third-order valence-electron chi connectivity index (χ3n) is 4.64. The average molecular weight is 333 g/mol. The van der Waals surface area contributed by atoms with E-state index >= 15 is 0 Å². The standard InChI is InChI=1S/C19H19N5O/c20-14-16-8-4-5-9-17(16)24-19(23-10-12-25-13-11-23)18(21-22-24)15-6-2-1-3-7-15/h1-9,18-19H,10-13H2. The number of para-hydroxylation sites is 1. The molecule has 1 fully saturated rings. The fraction of sp³-hybridized carbons (Fsp3) is 0.316. The highest BCUT2D eigenvalue weighted by Gasteiger charge is 2.40. The van der Waals surface area contributed by atoms with Crippen molar-refractivity contribution in [1.82, 2.24) is 4.90 Å². The average Bonchev–Trinajstić information content (AvgIpc) is 3.14. The molecule has 0 amide bonds. The summed E-state index contributed by atoms with van der Waals surface area (Å²) in [6.45, 7) is 3.05. The Hall–Kier alpha value is -2.75. The Kier molecular flexibility index (Phi) is 4.42. The van der Waals surface area contributed by atoms with Crippen molar-refractivity contribution in [3.05, 3.63) is 65.7 Å². The molecule has 0 saturated carbocycles. The van der Waals surface area contributed by atoms with E-state index in [1.807, 2.05) is 47.5 Å². The zero-order valence-corrected chi connectivity index (χ0v) is 13.8. The van der Waals surface area contributed by atoms with Gasteiger partial charge in [-0.25, -0.2) is 5.01 Å². The van der Waals surface area contributed by atoms with E-state index in [4.69, 9.17) is 4.74 Å². The molecule has 6 heteroatoms. The normalized spacial score (nSPS) is 23.6. The minimum absolute atomic E-state index is 0.0548. The molecule has 2 atom stereocenters. The zero-order valence-electron chi connectivity index (χ0n) is 13.8. The van der Waals surface area contributed by atoms with Crippen LogP contribution >= 0.6 is 0 Å². The van der Waals surface area contributed by atoms with Crippen molar-refractivity contribution in [3.63, 3.8) is 0 Å². The number of ether oxygens (including phenoxy) is 1. The molecule has 2 aliphatic heterocycles. The van der Waals surface area contributed by atoms with Crippen molar-refractivity contribution in [2.24, 2.45) is 10.3 Å². The fourth-order valence-electron chi connectivity index (χ4n) is 3.40. The van der Waals surface area contributed by atoms with Gasteiger partial charge in [-0.2, -0.15) is 10.4 Å². The van der Waals surface area contributed by atoms with E-state index in [1.54, 1.807) is 0 Å². The lowest BCUT2D eigenvalue weighted by atomic mass is 10.0. The van der Waals surface area contributed by atoms with Gasteiger partial charge in [0.25, 0.3) is 0 Å². The number of benzene rings is 2. The fourth-order valence-corrected chi connectivity index (χ4v) is 3.40. The summed E-state index contributed by atoms with van der Waals surface area (Å²) in [7, 11) is 0. The van der Waals surface area contributed by atoms with Crippen LogP contribution in [-0.2, 0) is 4.74 Å². The minimum Gasteiger partial charge on any atom is -0.379 e. The maximum atomic E-state index is 9.48. The molecule has 2 aromatic carbocycles. The highest BCUT2D eigenvalue weighted by atomic mass is 16.5. The van der Waals surface area contributed by atoms with Crippen LogP contribution in [0.5, 0.6) is 0 Å². The predicted octanol–water partition coefficient (Wildman–Crippen LogP) is 3.15. The zero-order chi connectivity index (χ0) is 17.1. The molecule has 0 aromatic heterocycles. The topological polar surface area (TPSA) is 64.2 Å². The summed E-state index contributed by atoms with van der Waals surface area (Å²) < 4.78 is 5.51. The van der Waals surface area contributed by atoms with Gasteiger partial charge in [-0.1, -0.05) is 47.7 Å². The van der Waals surface area contributed by atoms with Crippen LogP contribution in [0, 0.1) is 11.3 Å². The summed E-state index contributed by atoms with van der Waals surface area (Å²) in [4.78, 5) is 2.34. The number of hydrogen-bond acceptors (Lipinski definition) is 6. The monoisotopic (exact) mass is 333 g/mol. The quantitative estimate of drug-likeness (QED) is 0.865. The number of morpholine rings is 1. The number of nitriles is 1. The van der Waals surface area contributed by atoms with E-state index in [0.29, 0.717) is 18.8 Å². The largest absolute Gasteiger partial charge is 0.379 e. The van der Waals surface area contributed by atoms with Crippen LogP contribution in [0.3, 0.4) is 0 Å². The van der Waals surface area contributed by atoms with Crippen LogP contribution in [-0.4, -0.2) is 37.4 Å². The molecule has 0 bridgehead atoms. The van der Waals surface area contributed by atoms with Gasteiger partial charge < -0.3 is 4.74 Å². The van der Waals surface area contributed by atoms with E-state index in [2.05, 4.69) is 33.4 Å². The van der Waals surface area contributed by atoms with Crippen LogP contribution in [0.15, 0.2) is 64.9 Å². The molecule has 2 unspecified atom stereocenters. The first-order valence-electron chi connectivity index (χ1n) is 8.44. The van der Waals surface area contributed by atoms with Crippen molar-refractivity contribution in [2.75, 3.05) is 31.3 Å². The highest BCUT2D eigenvalue weighted by molar-refractivity contribution is 5.60. The Balaban J connectivity index is 1.73. The Morgan fingerprint density at radius 1 is 1.00 bits per heavy atom. The second kappa shape index (κ2) is 7.01. The number of anilines is 1. The number of rotatable bonds is 3. The Bertz CT molecular complexity index is 795. The first kappa shape index (κ1) is 15.8. The van der Waals surface area contributed by atoms with Crippen LogP contribution in [0.4, 0.5) is 5.69 Å². The van der Waals surface area contributed by atoms with Crippen molar-refractivity contribution >= 4 is 5.69 Å². The molecule has 0 spiro atoms. The highest BCUT2D eigenvalue weighted by Crippen LogP contribution is 2.38. The smallest absolute Gasteiger partial charge is 0.135 e. The SMILES string of the molecule is N#Cc1ccccc1N1N=NC(c2ccccc2)C1N1CCOCC1. The van der Waals surface area contributed by atoms with Crippen molar-refractivity contribution in [2.45, 2.75) is 12.2 Å². The lowest BCUT2D eigenvalue weighted by Crippen LogP contribution is -2.51. The second-order valence-corrected chi connectivity index (χ2v) is 6.10. The molecule has 4 rings (SSSR count). The lowest BCUT2D eigenvalue weighted by molar-refractivity contribution is 0.0140. The van der Waals surface area contributed by atoms with E-state index in [0.717, 1.165) is 24.3 Å². The van der Waals surface area contributed by atoms with E-state index < -0.39 is 0 Å². The third kappa shape index (κ3) is 3.00. The molecule has 2 heterocycles. The summed E-state index contributed by atoms with van der Waals surface area (Å²) in [6, 6.07) is 19.9. The second-order valence-electron chi connectivity index (χ2n) is 6.10. The molecular weight excluding hydrogens is 314 g/mol. The van der Waals surface area contributed by atoms with Gasteiger partial charge in [-0.3, -0.25) is 4.90 Å². The van der Waals surface area contributed by atoms with E-state index in [1.165, 1.54) is 0 Å². The van der Waals surface area contributed by atoms with Gasteiger partial charge in [0.1, 0.15) is 18.3 Å². The summed E-state index contributed by atoms with van der Waals surface area (Å²) in [5.41, 5.74) is 2.52. The van der Waals surface area contributed by atoms with Crippen LogP contribution in [0.2, 0.25) is 0 Å². The molecule has 126 valence electrons. The molecule has 0 N–H and O–H groups in total. The van der Waals surface area contributed by atoms with Crippen molar-refractivity contribution in [3.8, 4) is 6.07 Å². The van der Waals surface area contributed by atoms with Crippen LogP contribution in [0.25, 0.3) is 0 Å². The molecule has 0 aliphatic carbocycles. The summed E-state index contributed by atoms with van der Waals surface area (Å²) in [5.74, 6) is 0. The summed E-state index contributed by atoms with van der Waals surface area (Å²) in [5, 5.41) is 20.4. The molecule has 6 nitrogen and oxygen atoms in total. The molecule has 25 heavy (non-hydrogen) atoms. The molecule has 2 aromatic rings. The van der Waals surface area contributed by atoms with Gasteiger partial charge in [0, 0.05) is 13.1 Å². The summed E-state index contributed by atoms with van der Waals surface area (Å²) in [6.07, 6.45) is -0.0548. The first-order valence-corrected chi connectivity index (χ1v) is 8.44. The predicted molar refractivity (Wildman–Crippen MR) is 93.9 cm³/mol. The van der Waals surface area contributed by atoms with Gasteiger partial charge in [0.2, 0.25) is 0 Å². The maximum absolute atomic E-state index is 9.48. The summed E-state index contributed by atoms with van der Waals surface area (Å²) >= 11 is 0. The third-order valence-corrected chi connectivity index (χ3v) is 4.64. The maximum Gasteiger partial charge on any atom is 0.135 e. The Labute approximate surface area is 146 Å². The Morgan fingerprint density at radius 2 is 1.72 bits per heavy atom. The van der Waals surface area contributed by atoms with Gasteiger partial charge >= 0.3 is 0 Å². The van der Waals surface area contributed by atoms with Gasteiger partial charge in [0.05, 0.1) is 24.5 Å². The molecule has 2 aliphatic rings. The van der Waals surface area contributed by atoms with Gasteiger partial charge in [-0.05, 0) is 17.7 Å². The molecule has 0 radical (unpaired) electrons. The van der Waals surface area contributed by atoms with Gasteiger partial charge in [-0.15, -0.1) is 0 Å². The minimum atomic E-state index is -0.0916. The molecule has 1 saturated heterocycles. The van der Waals surface area contributed by atoms with Crippen LogP contribution < -0.4 is 5.01 Å². The van der Waals surface area contributed by atoms with Crippen LogP contribution in [0.1, 0.15) is 17.2 Å². The number of hydrogen-bond donors (Lipinski definition) is 0. The van der Waals surface area contributed by atoms with E-state index in [9.17, 15) is 5.26 Å². The number of nitrogens with zero attached hydrogens (tertiary/aromatic N) is 5. The first-order chi connectivity index (χ1) is 12.4. The Morgan fingerprint density at radius 3 is 2.48 bits per heavy atom. The van der Waals surface area contributed by atoms with Crippen molar-refractivity contribution in [1.29, 1.82) is 5.26 Å². The van der Waals surface area contributed by atoms with E-state index in [-0.39, 0.29) is 12.2 Å². The van der Waals surface area contributed by atoms with Gasteiger partial charge in [0.15, 0.2) is 0 Å². The molecular formula is C19H19N5O.